The maximum absolute atomic E-state index is 17.1. The molecule has 2 fully saturated rings. The predicted octanol–water partition coefficient (Wildman–Crippen LogP) is 8.85. The summed E-state index contributed by atoms with van der Waals surface area (Å²) in [6.45, 7) is 3.71. The van der Waals surface area contributed by atoms with Gasteiger partial charge in [-0.25, -0.2) is 0 Å². The van der Waals surface area contributed by atoms with Crippen molar-refractivity contribution in [2.75, 3.05) is 10.6 Å². The van der Waals surface area contributed by atoms with Crippen LogP contribution in [0.1, 0.15) is 90.9 Å². The van der Waals surface area contributed by atoms with Gasteiger partial charge in [0.1, 0.15) is 0 Å². The van der Waals surface area contributed by atoms with Crippen LogP contribution in [-0.4, -0.2) is 11.8 Å². The molecule has 248 valence electrons. The van der Waals surface area contributed by atoms with E-state index in [9.17, 15) is 9.59 Å². The number of anilines is 2. The van der Waals surface area contributed by atoms with Gasteiger partial charge in [0.15, 0.2) is 0 Å². The molecule has 0 unspecified atom stereocenters. The van der Waals surface area contributed by atoms with Crippen LogP contribution in [0, 0.1) is 34.1 Å². The molecule has 4 aliphatic rings. The fourth-order valence-corrected chi connectivity index (χ4v) is 16.3. The zero-order valence-electron chi connectivity index (χ0n) is 27.1. The van der Waals surface area contributed by atoms with Crippen molar-refractivity contribution in [1.29, 1.82) is 0 Å². The number of carbonyl (C=O) groups excluding carboxylic acids is 2. The van der Waals surface area contributed by atoms with Crippen molar-refractivity contribution in [2.24, 2.45) is 10.8 Å². The molecular formula is C38H42F4N2O2Ti. The summed E-state index contributed by atoms with van der Waals surface area (Å²) in [5.74, 6) is -4.58. The third-order valence-electron chi connectivity index (χ3n) is 10.9. The third kappa shape index (κ3) is 6.01. The average Bonchev–Trinajstić information content (AvgIpc) is 3.80. The van der Waals surface area contributed by atoms with Crippen LogP contribution < -0.4 is 18.4 Å². The van der Waals surface area contributed by atoms with E-state index in [4.69, 9.17) is 0 Å². The molecule has 47 heavy (non-hydrogen) atoms. The number of benzene rings is 2. The van der Waals surface area contributed by atoms with E-state index in [1.807, 2.05) is 26.0 Å². The fourth-order valence-electron chi connectivity index (χ4n) is 8.07. The molecule has 0 saturated heterocycles. The van der Waals surface area contributed by atoms with Crippen LogP contribution in [0.3, 0.4) is 0 Å². The second kappa shape index (κ2) is 13.4. The van der Waals surface area contributed by atoms with E-state index in [-0.39, 0.29) is 43.8 Å². The number of nitrogens with one attached hydrogen (secondary N) is 2. The number of hydrogen-bond donors (Lipinski definition) is 2. The number of amides is 2. The van der Waals surface area contributed by atoms with Crippen molar-refractivity contribution in [1.82, 2.24) is 0 Å². The summed E-state index contributed by atoms with van der Waals surface area (Å²) >= 11 is -5.14. The summed E-state index contributed by atoms with van der Waals surface area (Å²) in [6.07, 6.45) is 19.3. The van der Waals surface area contributed by atoms with Crippen LogP contribution in [0.4, 0.5) is 28.9 Å². The van der Waals surface area contributed by atoms with Crippen LogP contribution in [0.5, 0.6) is 0 Å². The van der Waals surface area contributed by atoms with E-state index in [1.165, 1.54) is 12.1 Å². The normalized spacial score (nSPS) is 20.1. The number of allylic oxidation sites excluding steroid dienone is 8. The van der Waals surface area contributed by atoms with E-state index >= 15 is 17.6 Å². The van der Waals surface area contributed by atoms with Gasteiger partial charge in [0.25, 0.3) is 0 Å². The molecule has 2 aromatic carbocycles. The summed E-state index contributed by atoms with van der Waals surface area (Å²) in [5.41, 5.74) is -1.82. The molecule has 4 nitrogen and oxygen atoms in total. The standard InChI is InChI=1S/2C14H16F2NO.2C5H5.Ti/c2*1-14(7-3-2-4-8-14)13(18)17-12-6-5-10(15)9-11(12)16;2*1-2-4-5-3-1;/h2*5-6H,2-4,7-8H2,1H3,(H,17,18);2*1-3H,4H2;. The molecule has 2 amide bonds. The zero-order valence-corrected chi connectivity index (χ0v) is 28.6. The minimum absolute atomic E-state index is 0.207. The molecule has 0 radical (unpaired) electrons. The van der Waals surface area contributed by atoms with E-state index in [0.29, 0.717) is 33.4 Å². The van der Waals surface area contributed by atoms with Gasteiger partial charge in [-0.3, -0.25) is 0 Å². The molecule has 2 saturated carbocycles. The molecule has 0 aliphatic heterocycles. The number of hydrogen-bond acceptors (Lipinski definition) is 2. The summed E-state index contributed by atoms with van der Waals surface area (Å²) < 4.78 is 67.5. The Morgan fingerprint density at radius 2 is 1.00 bits per heavy atom. The SMILES string of the molecule is CC1(C(=O)Nc2ccc(F)[c]([Ti]([C]3=CC=CC3)([C]3=CC=CC3)[c]3c(F)ccc(NC(=O)C4(C)CCCCC4)c3F)c2F)CCCCC1. The van der Waals surface area contributed by atoms with Gasteiger partial charge in [0.05, 0.1) is 0 Å². The van der Waals surface area contributed by atoms with Gasteiger partial charge in [-0.15, -0.1) is 0 Å². The molecule has 0 atom stereocenters. The van der Waals surface area contributed by atoms with Gasteiger partial charge in [-0.2, -0.15) is 0 Å². The summed E-state index contributed by atoms with van der Waals surface area (Å²) in [6, 6.07) is 4.58. The Kier molecular flexibility index (Phi) is 9.56. The van der Waals surface area contributed by atoms with E-state index < -0.39 is 50.7 Å². The Morgan fingerprint density at radius 3 is 1.34 bits per heavy atom. The van der Waals surface area contributed by atoms with Crippen molar-refractivity contribution >= 4 is 30.9 Å². The van der Waals surface area contributed by atoms with Gasteiger partial charge < -0.3 is 0 Å². The molecule has 0 aromatic heterocycles. The number of carbonyl (C=O) groups is 2. The van der Waals surface area contributed by atoms with Crippen LogP contribution >= 0.6 is 0 Å². The second-order valence-corrected chi connectivity index (χ2v) is 20.0. The maximum atomic E-state index is 17.1. The topological polar surface area (TPSA) is 58.2 Å². The van der Waals surface area contributed by atoms with Crippen molar-refractivity contribution in [3.63, 3.8) is 0 Å². The quantitative estimate of drug-likeness (QED) is 0.216. The third-order valence-corrected chi connectivity index (χ3v) is 18.9. The monoisotopic (exact) mass is 682 g/mol. The van der Waals surface area contributed by atoms with Crippen LogP contribution in [-0.2, 0) is 26.2 Å². The first kappa shape index (κ1) is 33.7. The van der Waals surface area contributed by atoms with Crippen molar-refractivity contribution in [3.05, 3.63) is 91.7 Å². The van der Waals surface area contributed by atoms with Gasteiger partial charge in [0, 0.05) is 0 Å². The van der Waals surface area contributed by atoms with Gasteiger partial charge in [-0.1, -0.05) is 0 Å². The summed E-state index contributed by atoms with van der Waals surface area (Å²) in [5, 5.41) is 5.47. The first-order chi connectivity index (χ1) is 22.5. The van der Waals surface area contributed by atoms with E-state index in [2.05, 4.69) is 10.6 Å². The van der Waals surface area contributed by atoms with Crippen molar-refractivity contribution in [3.8, 4) is 0 Å². The minimum atomic E-state index is -5.14. The molecule has 0 spiro atoms. The van der Waals surface area contributed by atoms with Gasteiger partial charge >= 0.3 is 279 Å². The number of halogens is 4. The average molecular weight is 683 g/mol. The molecule has 0 heterocycles. The Labute approximate surface area is 277 Å². The van der Waals surface area contributed by atoms with Crippen LogP contribution in [0.15, 0.2) is 68.5 Å². The Bertz CT molecular complexity index is 1590. The van der Waals surface area contributed by atoms with Gasteiger partial charge in [-0.05, 0) is 0 Å². The Hall–Kier alpha value is -3.23. The molecule has 6 rings (SSSR count). The molecule has 2 N–H and O–H groups in total. The Morgan fingerprint density at radius 1 is 0.617 bits per heavy atom. The predicted molar refractivity (Wildman–Crippen MR) is 175 cm³/mol. The van der Waals surface area contributed by atoms with E-state index in [0.717, 1.165) is 50.7 Å². The van der Waals surface area contributed by atoms with Crippen molar-refractivity contribution in [2.45, 2.75) is 90.9 Å². The van der Waals surface area contributed by atoms with E-state index in [1.54, 1.807) is 24.3 Å². The van der Waals surface area contributed by atoms with Crippen LogP contribution in [0.25, 0.3) is 0 Å². The fraction of sp³-hybridized carbons (Fsp3) is 0.421. The number of rotatable bonds is 8. The summed E-state index contributed by atoms with van der Waals surface area (Å²) in [7, 11) is 0. The molecular weight excluding hydrogens is 640 g/mol. The van der Waals surface area contributed by atoms with Gasteiger partial charge in [0.2, 0.25) is 0 Å². The van der Waals surface area contributed by atoms with Crippen LogP contribution in [0.2, 0.25) is 0 Å². The Balaban J connectivity index is 1.54. The van der Waals surface area contributed by atoms with Crippen molar-refractivity contribution < 1.29 is 43.7 Å². The first-order valence-corrected chi connectivity index (χ1v) is 20.0. The zero-order chi connectivity index (χ0) is 33.4. The molecule has 4 aliphatic carbocycles. The molecule has 9 heteroatoms. The molecule has 0 bridgehead atoms. The second-order valence-electron chi connectivity index (χ2n) is 14.1. The summed E-state index contributed by atoms with van der Waals surface area (Å²) in [4.78, 5) is 27.0. The molecule has 2 aromatic rings. The first-order valence-electron chi connectivity index (χ1n) is 16.8.